The summed E-state index contributed by atoms with van der Waals surface area (Å²) in [5.74, 6) is 0.267. The molecule has 2 unspecified atom stereocenters. The molecule has 36 heavy (non-hydrogen) atoms. The van der Waals surface area contributed by atoms with Crippen molar-refractivity contribution in [3.8, 4) is 23.0 Å². The largest absolute Gasteiger partial charge is 0.507 e. The average molecular weight is 497 g/mol. The molecule has 0 radical (unpaired) electrons. The number of nitrogens with zero attached hydrogens (tertiary/aromatic N) is 2. The van der Waals surface area contributed by atoms with Crippen LogP contribution >= 0.6 is 0 Å². The molecule has 1 fully saturated rings. The van der Waals surface area contributed by atoms with Crippen LogP contribution in [0.5, 0.6) is 23.0 Å². The minimum atomic E-state index is -0.845. The average Bonchev–Trinajstić information content (AvgIpc) is 3.36. The van der Waals surface area contributed by atoms with Gasteiger partial charge in [-0.3, -0.25) is 9.59 Å². The minimum absolute atomic E-state index is 0.0138. The molecule has 4 rings (SSSR count). The number of hydrogen-bond acceptors (Lipinski definition) is 8. The highest BCUT2D eigenvalue weighted by Gasteiger charge is 2.46. The predicted octanol–water partition coefficient (Wildman–Crippen LogP) is 3.02. The van der Waals surface area contributed by atoms with Gasteiger partial charge in [0.1, 0.15) is 17.6 Å². The maximum Gasteiger partial charge on any atom is 0.295 e. The van der Waals surface area contributed by atoms with Crippen molar-refractivity contribution in [2.24, 2.45) is 0 Å². The summed E-state index contributed by atoms with van der Waals surface area (Å²) in [6.45, 7) is 2.79. The van der Waals surface area contributed by atoms with E-state index in [0.29, 0.717) is 41.3 Å². The summed E-state index contributed by atoms with van der Waals surface area (Å²) in [6, 6.07) is 7.85. The molecule has 0 spiro atoms. The number of methoxy groups -OCH3 is 3. The van der Waals surface area contributed by atoms with Crippen molar-refractivity contribution in [2.75, 3.05) is 48.5 Å². The normalized spacial score (nSPS) is 20.5. The maximum absolute atomic E-state index is 13.3. The highest BCUT2D eigenvalue weighted by atomic mass is 16.5. The Kier molecular flexibility index (Phi) is 7.12. The minimum Gasteiger partial charge on any atom is -0.507 e. The van der Waals surface area contributed by atoms with E-state index in [2.05, 4.69) is 0 Å². The fourth-order valence-electron chi connectivity index (χ4n) is 4.75. The quantitative estimate of drug-likeness (QED) is 0.338. The molecule has 1 N–H and O–H groups in total. The van der Waals surface area contributed by atoms with Gasteiger partial charge in [0.15, 0.2) is 11.5 Å². The van der Waals surface area contributed by atoms with Crippen LogP contribution in [0.3, 0.4) is 0 Å². The van der Waals surface area contributed by atoms with Crippen molar-refractivity contribution in [3.63, 3.8) is 0 Å². The number of ether oxygens (including phenoxy) is 4. The first-order chi connectivity index (χ1) is 17.2. The standard InChI is InChI=1S/C27H32N2O7/c1-15-11-17-12-16(7-8-19(17)36-15)24(30)22-23(29(10-9-28(2)3)27(32)25(22)31)18-13-20(33-4)26(35-6)21(14-18)34-5/h7-8,12-15,23,30H,9-11H2,1-6H3. The van der Waals surface area contributed by atoms with Crippen LogP contribution in [0, 0.1) is 0 Å². The molecule has 9 nitrogen and oxygen atoms in total. The summed E-state index contributed by atoms with van der Waals surface area (Å²) in [4.78, 5) is 30.0. The molecule has 9 heteroatoms. The Bertz CT molecular complexity index is 1200. The second kappa shape index (κ2) is 10.1. The van der Waals surface area contributed by atoms with Crippen LogP contribution in [0.25, 0.3) is 5.76 Å². The van der Waals surface area contributed by atoms with Crippen molar-refractivity contribution >= 4 is 17.4 Å². The fourth-order valence-corrected chi connectivity index (χ4v) is 4.75. The molecule has 1 saturated heterocycles. The van der Waals surface area contributed by atoms with Gasteiger partial charge >= 0.3 is 0 Å². The highest BCUT2D eigenvalue weighted by molar-refractivity contribution is 6.46. The molecule has 1 amide bonds. The smallest absolute Gasteiger partial charge is 0.295 e. The summed E-state index contributed by atoms with van der Waals surface area (Å²) < 4.78 is 22.2. The summed E-state index contributed by atoms with van der Waals surface area (Å²) in [5.41, 5.74) is 1.97. The molecular weight excluding hydrogens is 464 g/mol. The van der Waals surface area contributed by atoms with Gasteiger partial charge in [0.05, 0.1) is 32.9 Å². The van der Waals surface area contributed by atoms with Gasteiger partial charge in [0, 0.05) is 25.1 Å². The number of hydrogen-bond donors (Lipinski definition) is 1. The number of rotatable bonds is 8. The number of likely N-dealkylation sites (tertiary alicyclic amines) is 1. The van der Waals surface area contributed by atoms with Crippen LogP contribution in [-0.2, 0) is 16.0 Å². The van der Waals surface area contributed by atoms with E-state index in [0.717, 1.165) is 11.3 Å². The van der Waals surface area contributed by atoms with Gasteiger partial charge in [-0.25, -0.2) is 0 Å². The number of aliphatic hydroxyl groups excluding tert-OH is 1. The zero-order valence-corrected chi connectivity index (χ0v) is 21.5. The third kappa shape index (κ3) is 4.46. The maximum atomic E-state index is 13.3. The van der Waals surface area contributed by atoms with E-state index in [1.165, 1.54) is 26.2 Å². The van der Waals surface area contributed by atoms with E-state index in [9.17, 15) is 14.7 Å². The van der Waals surface area contributed by atoms with Crippen LogP contribution in [-0.4, -0.2) is 81.2 Å². The molecular formula is C27H32N2O7. The Morgan fingerprint density at radius 1 is 1.08 bits per heavy atom. The van der Waals surface area contributed by atoms with Crippen LogP contribution < -0.4 is 18.9 Å². The zero-order chi connectivity index (χ0) is 26.1. The Morgan fingerprint density at radius 2 is 1.75 bits per heavy atom. The van der Waals surface area contributed by atoms with Gasteiger partial charge < -0.3 is 33.9 Å². The van der Waals surface area contributed by atoms with Crippen molar-refractivity contribution in [1.29, 1.82) is 0 Å². The SMILES string of the molecule is COc1cc(C2C(=C(O)c3ccc4c(c3)CC(C)O4)C(=O)C(=O)N2CCN(C)C)cc(OC)c1OC. The molecule has 2 aliphatic rings. The lowest BCUT2D eigenvalue weighted by atomic mass is 9.94. The molecule has 0 aromatic heterocycles. The van der Waals surface area contributed by atoms with Crippen molar-refractivity contribution < 1.29 is 33.6 Å². The van der Waals surface area contributed by atoms with Crippen molar-refractivity contribution in [2.45, 2.75) is 25.5 Å². The second-order valence-corrected chi connectivity index (χ2v) is 9.21. The lowest BCUT2D eigenvalue weighted by Crippen LogP contribution is -2.35. The molecule has 2 aromatic carbocycles. The molecule has 0 saturated carbocycles. The second-order valence-electron chi connectivity index (χ2n) is 9.21. The van der Waals surface area contributed by atoms with Crippen LogP contribution in [0.4, 0.5) is 0 Å². The summed E-state index contributed by atoms with van der Waals surface area (Å²) in [7, 11) is 8.27. The van der Waals surface area contributed by atoms with E-state index in [-0.39, 0.29) is 24.0 Å². The number of ketones is 1. The van der Waals surface area contributed by atoms with Crippen LogP contribution in [0.2, 0.25) is 0 Å². The van der Waals surface area contributed by atoms with Gasteiger partial charge in [0.25, 0.3) is 11.7 Å². The third-order valence-electron chi connectivity index (χ3n) is 6.50. The van der Waals surface area contributed by atoms with Crippen LogP contribution in [0.15, 0.2) is 35.9 Å². The van der Waals surface area contributed by atoms with Gasteiger partial charge in [-0.15, -0.1) is 0 Å². The Morgan fingerprint density at radius 3 is 2.33 bits per heavy atom. The van der Waals surface area contributed by atoms with Gasteiger partial charge in [-0.2, -0.15) is 0 Å². The third-order valence-corrected chi connectivity index (χ3v) is 6.50. The number of likely N-dealkylation sites (N-methyl/N-ethyl adjacent to an activating group) is 1. The number of benzene rings is 2. The van der Waals surface area contributed by atoms with E-state index in [1.54, 1.807) is 24.3 Å². The number of Topliss-reactive ketones (excluding diaryl/α,β-unsaturated/α-hetero) is 1. The summed E-state index contributed by atoms with van der Waals surface area (Å²) in [6.07, 6.45) is 0.734. The van der Waals surface area contributed by atoms with E-state index >= 15 is 0 Å². The highest BCUT2D eigenvalue weighted by Crippen LogP contribution is 2.46. The van der Waals surface area contributed by atoms with E-state index in [4.69, 9.17) is 18.9 Å². The first kappa shape index (κ1) is 25.4. The zero-order valence-electron chi connectivity index (χ0n) is 21.5. The summed E-state index contributed by atoms with van der Waals surface area (Å²) in [5, 5.41) is 11.4. The predicted molar refractivity (Wildman–Crippen MR) is 134 cm³/mol. The monoisotopic (exact) mass is 496 g/mol. The molecule has 2 heterocycles. The fraction of sp³-hybridized carbons (Fsp3) is 0.407. The topological polar surface area (TPSA) is 97.8 Å². The molecule has 2 aromatic rings. The Labute approximate surface area is 210 Å². The number of amides is 1. The number of carbonyl (C=O) groups is 2. The van der Waals surface area contributed by atoms with Crippen LogP contribution in [0.1, 0.15) is 29.7 Å². The number of aliphatic hydroxyl groups is 1. The molecule has 192 valence electrons. The van der Waals surface area contributed by atoms with Gasteiger partial charge in [-0.05, 0) is 62.5 Å². The lowest BCUT2D eigenvalue weighted by molar-refractivity contribution is -0.140. The molecule has 0 bridgehead atoms. The number of carbonyl (C=O) groups excluding carboxylic acids is 2. The lowest BCUT2D eigenvalue weighted by Gasteiger charge is -2.27. The first-order valence-electron chi connectivity index (χ1n) is 11.7. The molecule has 0 aliphatic carbocycles. The van der Waals surface area contributed by atoms with Crippen molar-refractivity contribution in [1.82, 2.24) is 9.80 Å². The van der Waals surface area contributed by atoms with Gasteiger partial charge in [-0.1, -0.05) is 0 Å². The van der Waals surface area contributed by atoms with E-state index < -0.39 is 17.7 Å². The first-order valence-corrected chi connectivity index (χ1v) is 11.7. The molecule has 2 aliphatic heterocycles. The summed E-state index contributed by atoms with van der Waals surface area (Å²) >= 11 is 0. The number of fused-ring (bicyclic) bond motifs is 1. The molecule has 2 atom stereocenters. The Hall–Kier alpha value is -3.72. The van der Waals surface area contributed by atoms with Crippen molar-refractivity contribution in [3.05, 3.63) is 52.6 Å². The van der Waals surface area contributed by atoms with E-state index in [1.807, 2.05) is 32.0 Å². The van der Waals surface area contributed by atoms with Gasteiger partial charge in [0.2, 0.25) is 5.75 Å². The Balaban J connectivity index is 1.90.